The summed E-state index contributed by atoms with van der Waals surface area (Å²) in [6.07, 6.45) is 9.62. The molecule has 0 radical (unpaired) electrons. The first-order valence-electron chi connectivity index (χ1n) is 13.7. The minimum absolute atomic E-state index is 0.243. The predicted molar refractivity (Wildman–Crippen MR) is 155 cm³/mol. The summed E-state index contributed by atoms with van der Waals surface area (Å²) in [5, 5.41) is 0. The van der Waals surface area contributed by atoms with Crippen LogP contribution in [0.2, 0.25) is 0 Å². The molecule has 0 N–H and O–H groups in total. The molecule has 2 unspecified atom stereocenters. The molecule has 0 saturated carbocycles. The van der Waals surface area contributed by atoms with Gasteiger partial charge in [0.15, 0.2) is 0 Å². The van der Waals surface area contributed by atoms with Gasteiger partial charge in [0, 0.05) is 11.8 Å². The zero-order valence-corrected chi connectivity index (χ0v) is 21.0. The van der Waals surface area contributed by atoms with Crippen LogP contribution in [0.3, 0.4) is 0 Å². The molecular weight excluding hydrogens is 456 g/mol. The highest BCUT2D eigenvalue weighted by Gasteiger charge is 2.63. The van der Waals surface area contributed by atoms with Gasteiger partial charge in [0.1, 0.15) is 0 Å². The second kappa shape index (κ2) is 7.11. The van der Waals surface area contributed by atoms with Gasteiger partial charge in [-0.3, -0.25) is 0 Å². The summed E-state index contributed by atoms with van der Waals surface area (Å²) in [6, 6.07) is 46.0. The van der Waals surface area contributed by atoms with Crippen molar-refractivity contribution in [3.8, 4) is 22.3 Å². The van der Waals surface area contributed by atoms with Crippen molar-refractivity contribution >= 4 is 0 Å². The number of benzene rings is 5. The van der Waals surface area contributed by atoms with Crippen molar-refractivity contribution in [2.45, 2.75) is 10.8 Å². The lowest BCUT2D eigenvalue weighted by molar-refractivity contribution is 0.253. The third-order valence-corrected chi connectivity index (χ3v) is 9.90. The van der Waals surface area contributed by atoms with E-state index < -0.39 is 0 Å². The number of hydrogen-bond acceptors (Lipinski definition) is 0. The van der Waals surface area contributed by atoms with Crippen molar-refractivity contribution in [2.75, 3.05) is 0 Å². The maximum Gasteiger partial charge on any atom is 0.0535 e. The quantitative estimate of drug-likeness (QED) is 0.207. The first kappa shape index (κ1) is 20.6. The number of allylic oxidation sites excluding steroid dienone is 4. The van der Waals surface area contributed by atoms with Crippen molar-refractivity contribution in [1.82, 2.24) is 0 Å². The molecule has 5 aromatic rings. The van der Waals surface area contributed by atoms with Crippen LogP contribution in [0.4, 0.5) is 0 Å². The van der Waals surface area contributed by atoms with Crippen LogP contribution in [-0.4, -0.2) is 0 Å². The molecule has 0 aliphatic heterocycles. The van der Waals surface area contributed by atoms with E-state index in [1.165, 1.54) is 55.6 Å². The lowest BCUT2D eigenvalue weighted by Gasteiger charge is -2.56. The van der Waals surface area contributed by atoms with Crippen LogP contribution >= 0.6 is 0 Å². The fourth-order valence-corrected chi connectivity index (χ4v) is 8.80. The maximum atomic E-state index is 2.52. The van der Waals surface area contributed by atoms with E-state index in [-0.39, 0.29) is 22.7 Å². The smallest absolute Gasteiger partial charge is 0.0535 e. The van der Waals surface area contributed by atoms with Gasteiger partial charge in [-0.2, -0.15) is 0 Å². The van der Waals surface area contributed by atoms with Gasteiger partial charge >= 0.3 is 0 Å². The van der Waals surface area contributed by atoms with E-state index in [1.54, 1.807) is 0 Å². The van der Waals surface area contributed by atoms with E-state index in [0.717, 1.165) is 0 Å². The summed E-state index contributed by atoms with van der Waals surface area (Å²) in [5.74, 6) is 0.540. The van der Waals surface area contributed by atoms with E-state index in [4.69, 9.17) is 0 Å². The molecule has 4 aliphatic carbocycles. The average Bonchev–Trinajstić information content (AvgIpc) is 3.46. The molecule has 0 aromatic heterocycles. The van der Waals surface area contributed by atoms with E-state index in [9.17, 15) is 0 Å². The predicted octanol–water partition coefficient (Wildman–Crippen LogP) is 8.69. The lowest BCUT2D eigenvalue weighted by Crippen LogP contribution is -2.53. The first-order valence-corrected chi connectivity index (χ1v) is 13.7. The Morgan fingerprint density at radius 3 is 0.895 bits per heavy atom. The second-order valence-corrected chi connectivity index (χ2v) is 11.2. The Hall–Kier alpha value is -4.42. The van der Waals surface area contributed by atoms with Gasteiger partial charge in [0.2, 0.25) is 0 Å². The highest BCUT2D eigenvalue weighted by atomic mass is 14.6. The zero-order chi connectivity index (χ0) is 24.9. The van der Waals surface area contributed by atoms with Crippen molar-refractivity contribution in [3.05, 3.63) is 179 Å². The van der Waals surface area contributed by atoms with Crippen LogP contribution in [-0.2, 0) is 10.8 Å². The summed E-state index contributed by atoms with van der Waals surface area (Å²) < 4.78 is 0. The second-order valence-electron chi connectivity index (χ2n) is 11.2. The van der Waals surface area contributed by atoms with E-state index in [1.807, 2.05) is 0 Å². The summed E-state index contributed by atoms with van der Waals surface area (Å²) in [7, 11) is 0. The van der Waals surface area contributed by atoms with Crippen LogP contribution in [0.1, 0.15) is 33.4 Å². The van der Waals surface area contributed by atoms with Gasteiger partial charge in [0.25, 0.3) is 0 Å². The topological polar surface area (TPSA) is 0 Å². The highest BCUT2D eigenvalue weighted by Crippen LogP contribution is 2.70. The van der Waals surface area contributed by atoms with E-state index in [0.29, 0.717) is 0 Å². The summed E-state index contributed by atoms with van der Waals surface area (Å²) in [5.41, 5.74) is 13.7. The van der Waals surface area contributed by atoms with Gasteiger partial charge in [-0.25, -0.2) is 0 Å². The SMILES string of the molecule is C1=CC2C(C=C1)C1(c3ccccc3-c3ccccc31)c1ccccc1C21c2ccccc2-c2ccccc21. The Balaban J connectivity index is 1.50. The molecule has 9 rings (SSSR count). The van der Waals surface area contributed by atoms with Crippen LogP contribution in [0.25, 0.3) is 22.3 Å². The number of fused-ring (bicyclic) bond motifs is 16. The zero-order valence-electron chi connectivity index (χ0n) is 21.0. The minimum atomic E-state index is -0.243. The Kier molecular flexibility index (Phi) is 3.86. The molecule has 0 heterocycles. The Bertz CT molecular complexity index is 1620. The largest absolute Gasteiger partial charge is 0.0792 e. The normalized spacial score (nSPS) is 21.4. The first-order chi connectivity index (χ1) is 18.9. The molecule has 178 valence electrons. The fourth-order valence-electron chi connectivity index (χ4n) is 8.80. The number of hydrogen-bond donors (Lipinski definition) is 0. The molecule has 0 bridgehead atoms. The Labute approximate surface area is 223 Å². The molecular formula is C38H26. The highest BCUT2D eigenvalue weighted by molar-refractivity contribution is 5.89. The Morgan fingerprint density at radius 1 is 0.316 bits per heavy atom. The summed E-state index contributed by atoms with van der Waals surface area (Å²) in [4.78, 5) is 0. The molecule has 38 heavy (non-hydrogen) atoms. The fraction of sp³-hybridized carbons (Fsp3) is 0.105. The van der Waals surface area contributed by atoms with Crippen LogP contribution in [0, 0.1) is 11.8 Å². The van der Waals surface area contributed by atoms with Crippen LogP contribution < -0.4 is 0 Å². The summed E-state index contributed by atoms with van der Waals surface area (Å²) >= 11 is 0. The molecule has 0 amide bonds. The Morgan fingerprint density at radius 2 is 0.579 bits per heavy atom. The van der Waals surface area contributed by atoms with Gasteiger partial charge in [0.05, 0.1) is 10.8 Å². The maximum absolute atomic E-state index is 2.52. The van der Waals surface area contributed by atoms with Gasteiger partial charge < -0.3 is 0 Å². The van der Waals surface area contributed by atoms with Crippen molar-refractivity contribution in [2.24, 2.45) is 11.8 Å². The van der Waals surface area contributed by atoms with E-state index in [2.05, 4.69) is 146 Å². The number of rotatable bonds is 0. The molecule has 4 aliphatic rings. The molecule has 0 nitrogen and oxygen atoms in total. The van der Waals surface area contributed by atoms with Gasteiger partial charge in [-0.1, -0.05) is 146 Å². The van der Waals surface area contributed by atoms with Crippen LogP contribution in [0.15, 0.2) is 146 Å². The van der Waals surface area contributed by atoms with E-state index >= 15 is 0 Å². The van der Waals surface area contributed by atoms with Crippen molar-refractivity contribution in [3.63, 3.8) is 0 Å². The third-order valence-electron chi connectivity index (χ3n) is 9.90. The monoisotopic (exact) mass is 482 g/mol. The standard InChI is InChI=1S/C38H26/c1-5-17-29-25(13-1)26-14-2-6-18-30(26)37(29)33-21-9-11-23-35(33)38(36-24-12-10-22-34(36)37)31-19-7-3-15-27(31)28-16-4-8-20-32(28)38/h1-24,33,35H. The molecule has 0 saturated heterocycles. The van der Waals surface area contributed by atoms with Crippen LogP contribution in [0.5, 0.6) is 0 Å². The molecule has 5 aromatic carbocycles. The van der Waals surface area contributed by atoms with Gasteiger partial charge in [-0.15, -0.1) is 0 Å². The van der Waals surface area contributed by atoms with Gasteiger partial charge in [-0.05, 0) is 55.6 Å². The third kappa shape index (κ3) is 2.14. The summed E-state index contributed by atoms with van der Waals surface area (Å²) in [6.45, 7) is 0. The van der Waals surface area contributed by atoms with Crippen molar-refractivity contribution < 1.29 is 0 Å². The molecule has 2 spiro atoms. The molecule has 0 fully saturated rings. The molecule has 2 atom stereocenters. The average molecular weight is 483 g/mol. The van der Waals surface area contributed by atoms with Crippen molar-refractivity contribution in [1.29, 1.82) is 0 Å². The minimum Gasteiger partial charge on any atom is -0.0792 e. The molecule has 0 heteroatoms. The lowest BCUT2D eigenvalue weighted by atomic mass is 9.45.